The lowest BCUT2D eigenvalue weighted by Gasteiger charge is -2.23. The van der Waals surface area contributed by atoms with E-state index in [1.54, 1.807) is 35.1 Å². The number of halogens is 1. The second-order valence-corrected chi connectivity index (χ2v) is 6.98. The number of anilines is 1. The minimum absolute atomic E-state index is 0.130. The molecular weight excluding hydrogens is 340 g/mol. The first-order valence-corrected chi connectivity index (χ1v) is 8.40. The Bertz CT molecular complexity index is 929. The standard InChI is InChI=1S/C17H17ClN6O/c1-10(2)6-12-8-24(21-20-12)15-16-22(3)17(25)13-7-11(18)4-5-14(13)23(16)9-19-15/h4-5,7-10H,6H2,1-3H3/q+1. The zero-order valence-corrected chi connectivity index (χ0v) is 14.9. The summed E-state index contributed by atoms with van der Waals surface area (Å²) in [5.41, 5.74) is 2.20. The van der Waals surface area contributed by atoms with Crippen LogP contribution in [0.3, 0.4) is 0 Å². The maximum atomic E-state index is 12.7. The summed E-state index contributed by atoms with van der Waals surface area (Å²) in [5, 5.41) is 8.91. The molecule has 1 aromatic carbocycles. The number of carbonyl (C=O) groups is 1. The molecule has 0 unspecified atom stereocenters. The molecule has 3 heterocycles. The van der Waals surface area contributed by atoms with Crippen LogP contribution in [0, 0.1) is 5.92 Å². The molecule has 2 aliphatic heterocycles. The third kappa shape index (κ3) is 2.56. The first-order valence-electron chi connectivity index (χ1n) is 8.02. The van der Waals surface area contributed by atoms with Crippen LogP contribution >= 0.6 is 11.6 Å². The number of rotatable bonds is 3. The fourth-order valence-corrected chi connectivity index (χ4v) is 3.23. The van der Waals surface area contributed by atoms with E-state index in [2.05, 4.69) is 29.2 Å². The van der Waals surface area contributed by atoms with Crippen LogP contribution < -0.4 is 4.90 Å². The lowest BCUT2D eigenvalue weighted by molar-refractivity contribution is 0.0815. The zero-order valence-electron chi connectivity index (χ0n) is 14.1. The van der Waals surface area contributed by atoms with Crippen LogP contribution in [0.1, 0.15) is 29.9 Å². The number of nitrogens with zero attached hydrogens (tertiary/aromatic N) is 6. The van der Waals surface area contributed by atoms with E-state index in [1.807, 2.05) is 17.2 Å². The number of carbonyl (C=O) groups excluding carboxylic acids is 1. The van der Waals surface area contributed by atoms with Crippen molar-refractivity contribution in [3.63, 3.8) is 0 Å². The van der Waals surface area contributed by atoms with Gasteiger partial charge in [0.1, 0.15) is 5.56 Å². The summed E-state index contributed by atoms with van der Waals surface area (Å²) >= 11 is 6.04. The Balaban J connectivity index is 1.80. The summed E-state index contributed by atoms with van der Waals surface area (Å²) in [6.45, 7) is 4.26. The minimum Gasteiger partial charge on any atom is -0.268 e. The Morgan fingerprint density at radius 3 is 2.88 bits per heavy atom. The van der Waals surface area contributed by atoms with Gasteiger partial charge in [0.05, 0.1) is 11.9 Å². The average molecular weight is 357 g/mol. The SMILES string of the molecule is CC(C)Cc1cn(C2=C3N(C)C(=O)c4cc(Cl)ccc4[N+]3C=N2)nn1. The van der Waals surface area contributed by atoms with Gasteiger partial charge in [-0.1, -0.05) is 30.7 Å². The molecule has 0 spiro atoms. The molecule has 25 heavy (non-hydrogen) atoms. The van der Waals surface area contributed by atoms with Crippen molar-refractivity contribution in [1.82, 2.24) is 24.8 Å². The van der Waals surface area contributed by atoms with E-state index in [9.17, 15) is 4.79 Å². The molecule has 4 rings (SSSR count). The van der Waals surface area contributed by atoms with Crippen molar-refractivity contribution in [2.24, 2.45) is 10.9 Å². The van der Waals surface area contributed by atoms with E-state index in [1.165, 1.54) is 0 Å². The molecule has 1 aromatic heterocycles. The van der Waals surface area contributed by atoms with Gasteiger partial charge >= 0.3 is 5.82 Å². The molecule has 2 aliphatic rings. The molecule has 0 N–H and O–H groups in total. The van der Waals surface area contributed by atoms with Gasteiger partial charge in [-0.3, -0.25) is 9.69 Å². The fraction of sp³-hybridized carbons (Fsp3) is 0.294. The number of aromatic nitrogens is 3. The highest BCUT2D eigenvalue weighted by atomic mass is 35.5. The van der Waals surface area contributed by atoms with Crippen LogP contribution in [0.2, 0.25) is 5.02 Å². The minimum atomic E-state index is -0.130. The third-order valence-electron chi connectivity index (χ3n) is 4.17. The molecule has 8 heteroatoms. The predicted octanol–water partition coefficient (Wildman–Crippen LogP) is 2.81. The summed E-state index contributed by atoms with van der Waals surface area (Å²) in [7, 11) is 1.72. The van der Waals surface area contributed by atoms with Gasteiger partial charge in [-0.15, -0.1) is 5.10 Å². The Morgan fingerprint density at radius 2 is 2.12 bits per heavy atom. The van der Waals surface area contributed by atoms with Crippen LogP contribution in [0.15, 0.2) is 35.2 Å². The van der Waals surface area contributed by atoms with Crippen LogP contribution in [0.5, 0.6) is 0 Å². The fourth-order valence-electron chi connectivity index (χ4n) is 3.06. The van der Waals surface area contributed by atoms with Crippen molar-refractivity contribution in [3.8, 4) is 0 Å². The Morgan fingerprint density at radius 1 is 1.32 bits per heavy atom. The van der Waals surface area contributed by atoms with Gasteiger partial charge in [-0.2, -0.15) is 9.67 Å². The average Bonchev–Trinajstić information content (AvgIpc) is 3.18. The van der Waals surface area contributed by atoms with E-state index in [4.69, 9.17) is 11.6 Å². The summed E-state index contributed by atoms with van der Waals surface area (Å²) in [6, 6.07) is 5.26. The van der Waals surface area contributed by atoms with Crippen molar-refractivity contribution >= 4 is 35.4 Å². The molecule has 1 amide bonds. The normalized spacial score (nSPS) is 16.8. The highest BCUT2D eigenvalue weighted by Crippen LogP contribution is 2.37. The molecular formula is C17H17ClN6O+. The lowest BCUT2D eigenvalue weighted by atomic mass is 10.1. The molecule has 0 saturated carbocycles. The van der Waals surface area contributed by atoms with E-state index in [0.717, 1.165) is 17.8 Å². The molecule has 1 radical (unpaired) electrons. The van der Waals surface area contributed by atoms with Crippen molar-refractivity contribution in [2.45, 2.75) is 20.3 Å². The molecule has 0 atom stereocenters. The van der Waals surface area contributed by atoms with Crippen LogP contribution in [0.25, 0.3) is 5.82 Å². The van der Waals surface area contributed by atoms with Gasteiger partial charge < -0.3 is 0 Å². The summed E-state index contributed by atoms with van der Waals surface area (Å²) in [6.07, 6.45) is 4.38. The summed E-state index contributed by atoms with van der Waals surface area (Å²) < 4.78 is 1.62. The van der Waals surface area contributed by atoms with Gasteiger partial charge in [0.25, 0.3) is 12.2 Å². The number of aliphatic imine (C=N–C) groups is 1. The molecule has 2 aromatic rings. The zero-order chi connectivity index (χ0) is 17.7. The van der Waals surface area contributed by atoms with E-state index >= 15 is 0 Å². The monoisotopic (exact) mass is 356 g/mol. The maximum Gasteiger partial charge on any atom is 0.318 e. The quantitative estimate of drug-likeness (QED) is 0.794. The largest absolute Gasteiger partial charge is 0.318 e. The second kappa shape index (κ2) is 5.79. The predicted molar refractivity (Wildman–Crippen MR) is 95.6 cm³/mol. The highest BCUT2D eigenvalue weighted by Gasteiger charge is 2.46. The van der Waals surface area contributed by atoms with Crippen molar-refractivity contribution in [1.29, 1.82) is 0 Å². The molecule has 0 aliphatic carbocycles. The van der Waals surface area contributed by atoms with Gasteiger partial charge in [-0.05, 0) is 29.4 Å². The first-order chi connectivity index (χ1) is 12.0. The van der Waals surface area contributed by atoms with Crippen LogP contribution in [0.4, 0.5) is 5.69 Å². The number of benzene rings is 1. The molecule has 0 bridgehead atoms. The van der Waals surface area contributed by atoms with Crippen molar-refractivity contribution in [2.75, 3.05) is 7.05 Å². The molecule has 7 nitrogen and oxygen atoms in total. The Labute approximate surface area is 150 Å². The summed E-state index contributed by atoms with van der Waals surface area (Å²) in [4.78, 5) is 20.6. The molecule has 0 fully saturated rings. The van der Waals surface area contributed by atoms with Gasteiger partial charge in [0, 0.05) is 18.1 Å². The smallest absolute Gasteiger partial charge is 0.268 e. The number of fused-ring (bicyclic) bond motifs is 3. The maximum absolute atomic E-state index is 12.7. The van der Waals surface area contributed by atoms with Crippen LogP contribution in [-0.2, 0) is 6.42 Å². The number of hydrogen-bond acceptors (Lipinski definition) is 5. The molecule has 0 saturated heterocycles. The number of amides is 1. The Kier molecular flexibility index (Phi) is 3.70. The van der Waals surface area contributed by atoms with E-state index < -0.39 is 0 Å². The van der Waals surface area contributed by atoms with E-state index in [0.29, 0.717) is 28.1 Å². The second-order valence-electron chi connectivity index (χ2n) is 6.54. The highest BCUT2D eigenvalue weighted by molar-refractivity contribution is 6.31. The van der Waals surface area contributed by atoms with Gasteiger partial charge in [-0.25, -0.2) is 0 Å². The number of hydrogen-bond donors (Lipinski definition) is 0. The van der Waals surface area contributed by atoms with Crippen molar-refractivity contribution in [3.05, 3.63) is 46.5 Å². The molecule has 127 valence electrons. The summed E-state index contributed by atoms with van der Waals surface area (Å²) in [5.74, 6) is 1.58. The third-order valence-corrected chi connectivity index (χ3v) is 4.40. The van der Waals surface area contributed by atoms with Crippen LogP contribution in [-0.4, -0.2) is 39.2 Å². The van der Waals surface area contributed by atoms with Gasteiger partial charge in [0.2, 0.25) is 11.5 Å². The Hall–Kier alpha value is -2.51. The van der Waals surface area contributed by atoms with Crippen molar-refractivity contribution < 1.29 is 4.79 Å². The topological polar surface area (TPSA) is 69.3 Å². The lowest BCUT2D eigenvalue weighted by Crippen LogP contribution is -2.41. The van der Waals surface area contributed by atoms with E-state index in [-0.39, 0.29) is 5.91 Å². The first kappa shape index (κ1) is 16.0. The van der Waals surface area contributed by atoms with Gasteiger partial charge in [0.15, 0.2) is 0 Å².